The molecular formula is C16H24FNO. The highest BCUT2D eigenvalue weighted by Gasteiger charge is 2.30. The van der Waals surface area contributed by atoms with Gasteiger partial charge in [0.05, 0.1) is 6.10 Å². The van der Waals surface area contributed by atoms with E-state index in [1.54, 1.807) is 12.1 Å². The van der Waals surface area contributed by atoms with Crippen LogP contribution in [0.25, 0.3) is 0 Å². The summed E-state index contributed by atoms with van der Waals surface area (Å²) in [5.74, 6) is 0.567. The predicted molar refractivity (Wildman–Crippen MR) is 75.4 cm³/mol. The van der Waals surface area contributed by atoms with Crippen LogP contribution in [0.3, 0.4) is 0 Å². The number of halogens is 1. The lowest BCUT2D eigenvalue weighted by molar-refractivity contribution is 0.150. The van der Waals surface area contributed by atoms with Gasteiger partial charge in [0, 0.05) is 12.1 Å². The Morgan fingerprint density at radius 2 is 1.95 bits per heavy atom. The Balaban J connectivity index is 1.83. The first-order valence-electron chi connectivity index (χ1n) is 7.29. The molecule has 0 spiro atoms. The molecule has 1 fully saturated rings. The van der Waals surface area contributed by atoms with Crippen LogP contribution >= 0.6 is 0 Å². The van der Waals surface area contributed by atoms with Crippen molar-refractivity contribution >= 4 is 0 Å². The van der Waals surface area contributed by atoms with Crippen molar-refractivity contribution in [2.45, 2.75) is 57.7 Å². The van der Waals surface area contributed by atoms with Crippen molar-refractivity contribution in [1.29, 1.82) is 0 Å². The largest absolute Gasteiger partial charge is 0.388 e. The van der Waals surface area contributed by atoms with E-state index in [1.165, 1.54) is 25.0 Å². The van der Waals surface area contributed by atoms with E-state index < -0.39 is 6.10 Å². The lowest BCUT2D eigenvalue weighted by Gasteiger charge is -2.24. The van der Waals surface area contributed by atoms with Gasteiger partial charge in [-0.2, -0.15) is 0 Å². The van der Waals surface area contributed by atoms with Crippen LogP contribution < -0.4 is 5.32 Å². The Bertz CT molecular complexity index is 388. The summed E-state index contributed by atoms with van der Waals surface area (Å²) in [6.45, 7) is 4.32. The normalized spacial score (nSPS) is 20.0. The van der Waals surface area contributed by atoms with Crippen LogP contribution in [0.2, 0.25) is 0 Å². The van der Waals surface area contributed by atoms with Gasteiger partial charge in [0.25, 0.3) is 0 Å². The second kappa shape index (κ2) is 6.49. The van der Waals surface area contributed by atoms with E-state index in [2.05, 4.69) is 19.2 Å². The van der Waals surface area contributed by atoms with Crippen molar-refractivity contribution in [3.05, 3.63) is 35.6 Å². The fourth-order valence-corrected chi connectivity index (χ4v) is 2.68. The van der Waals surface area contributed by atoms with Crippen molar-refractivity contribution < 1.29 is 9.50 Å². The Kier molecular flexibility index (Phi) is 4.94. The average molecular weight is 265 g/mol. The number of nitrogens with one attached hydrogen (secondary N) is 1. The van der Waals surface area contributed by atoms with Crippen molar-refractivity contribution in [3.8, 4) is 0 Å². The fraction of sp³-hybridized carbons (Fsp3) is 0.625. The molecule has 0 radical (unpaired) electrons. The summed E-state index contributed by atoms with van der Waals surface area (Å²) in [6, 6.07) is 6.96. The smallest absolute Gasteiger partial charge is 0.123 e. The molecule has 2 rings (SSSR count). The molecule has 2 N–H and O–H groups in total. The summed E-state index contributed by atoms with van der Waals surface area (Å²) in [5.41, 5.74) is 0.787. The van der Waals surface area contributed by atoms with Gasteiger partial charge in [-0.1, -0.05) is 19.1 Å². The van der Waals surface area contributed by atoms with E-state index in [0.29, 0.717) is 12.5 Å². The first-order valence-corrected chi connectivity index (χ1v) is 7.29. The first kappa shape index (κ1) is 14.5. The zero-order chi connectivity index (χ0) is 13.8. The maximum absolute atomic E-state index is 12.8. The van der Waals surface area contributed by atoms with Gasteiger partial charge < -0.3 is 10.4 Å². The first-order chi connectivity index (χ1) is 9.10. The van der Waals surface area contributed by atoms with Gasteiger partial charge in [0.15, 0.2) is 0 Å². The van der Waals surface area contributed by atoms with Crippen molar-refractivity contribution in [1.82, 2.24) is 5.32 Å². The minimum atomic E-state index is -0.528. The maximum Gasteiger partial charge on any atom is 0.123 e. The third-order valence-electron chi connectivity index (χ3n) is 3.96. The zero-order valence-corrected chi connectivity index (χ0v) is 11.8. The Hall–Kier alpha value is -0.930. The van der Waals surface area contributed by atoms with Gasteiger partial charge in [0.2, 0.25) is 0 Å². The van der Waals surface area contributed by atoms with Crippen molar-refractivity contribution in [3.63, 3.8) is 0 Å². The molecule has 3 unspecified atom stereocenters. The van der Waals surface area contributed by atoms with Crippen molar-refractivity contribution in [2.75, 3.05) is 0 Å². The van der Waals surface area contributed by atoms with E-state index in [9.17, 15) is 9.50 Å². The van der Waals surface area contributed by atoms with E-state index in [-0.39, 0.29) is 11.9 Å². The van der Waals surface area contributed by atoms with E-state index >= 15 is 0 Å². The Labute approximate surface area is 115 Å². The molecule has 0 bridgehead atoms. The van der Waals surface area contributed by atoms with Gasteiger partial charge in [-0.3, -0.25) is 0 Å². The standard InChI is InChI=1S/C16H24FNO/c1-3-15(12-4-5-12)18-11(2)10-16(19)13-6-8-14(17)9-7-13/h6-9,11-12,15-16,18-19H,3-5,10H2,1-2H3. The van der Waals surface area contributed by atoms with Gasteiger partial charge in [0.1, 0.15) is 5.82 Å². The molecule has 19 heavy (non-hydrogen) atoms. The molecule has 1 aliphatic carbocycles. The van der Waals surface area contributed by atoms with E-state index in [1.807, 2.05) is 0 Å². The summed E-state index contributed by atoms with van der Waals surface area (Å²) >= 11 is 0. The molecule has 0 aliphatic heterocycles. The van der Waals surface area contributed by atoms with Gasteiger partial charge >= 0.3 is 0 Å². The summed E-state index contributed by atoms with van der Waals surface area (Å²) in [7, 11) is 0. The Morgan fingerprint density at radius 3 is 2.47 bits per heavy atom. The van der Waals surface area contributed by atoms with E-state index in [4.69, 9.17) is 0 Å². The zero-order valence-electron chi connectivity index (χ0n) is 11.8. The lowest BCUT2D eigenvalue weighted by Crippen LogP contribution is -2.38. The second-order valence-corrected chi connectivity index (χ2v) is 5.72. The minimum absolute atomic E-state index is 0.262. The number of hydrogen-bond donors (Lipinski definition) is 2. The molecule has 0 heterocycles. The van der Waals surface area contributed by atoms with Crippen molar-refractivity contribution in [2.24, 2.45) is 5.92 Å². The second-order valence-electron chi connectivity index (χ2n) is 5.72. The third-order valence-corrected chi connectivity index (χ3v) is 3.96. The molecule has 3 heteroatoms. The molecule has 1 aromatic carbocycles. The van der Waals surface area contributed by atoms with Gasteiger partial charge in [-0.15, -0.1) is 0 Å². The SMILES string of the molecule is CCC(NC(C)CC(O)c1ccc(F)cc1)C1CC1. The monoisotopic (exact) mass is 265 g/mol. The van der Waals surface area contributed by atoms with Crippen LogP contribution in [-0.4, -0.2) is 17.2 Å². The van der Waals surface area contributed by atoms with Crippen LogP contribution in [0.1, 0.15) is 51.2 Å². The predicted octanol–water partition coefficient (Wildman–Crippen LogP) is 3.42. The molecular weight excluding hydrogens is 241 g/mol. The molecule has 106 valence electrons. The van der Waals surface area contributed by atoms with Crippen LogP contribution in [0.5, 0.6) is 0 Å². The summed E-state index contributed by atoms with van der Waals surface area (Å²) in [4.78, 5) is 0. The number of aliphatic hydroxyl groups excluding tert-OH is 1. The molecule has 0 saturated heterocycles. The number of benzene rings is 1. The average Bonchev–Trinajstić information content (AvgIpc) is 3.21. The summed E-state index contributed by atoms with van der Waals surface area (Å²) in [6.07, 6.45) is 3.94. The number of rotatable bonds is 7. The lowest BCUT2D eigenvalue weighted by atomic mass is 10.0. The molecule has 1 aliphatic rings. The maximum atomic E-state index is 12.8. The fourth-order valence-electron chi connectivity index (χ4n) is 2.68. The van der Waals surface area contributed by atoms with E-state index in [0.717, 1.165) is 17.9 Å². The molecule has 1 aromatic rings. The summed E-state index contributed by atoms with van der Waals surface area (Å²) < 4.78 is 12.8. The van der Waals surface area contributed by atoms with Gasteiger partial charge in [-0.05, 0) is 56.2 Å². The Morgan fingerprint density at radius 1 is 1.32 bits per heavy atom. The van der Waals surface area contributed by atoms with Gasteiger partial charge in [-0.25, -0.2) is 4.39 Å². The molecule has 3 atom stereocenters. The topological polar surface area (TPSA) is 32.3 Å². The number of aliphatic hydroxyl groups is 1. The quantitative estimate of drug-likeness (QED) is 0.792. The molecule has 0 aromatic heterocycles. The van der Waals surface area contributed by atoms with Crippen LogP contribution in [0, 0.1) is 11.7 Å². The highest BCUT2D eigenvalue weighted by atomic mass is 19.1. The number of hydrogen-bond acceptors (Lipinski definition) is 2. The molecule has 1 saturated carbocycles. The summed E-state index contributed by atoms with van der Waals surface area (Å²) in [5, 5.41) is 13.8. The van der Waals surface area contributed by atoms with Crippen LogP contribution in [0.15, 0.2) is 24.3 Å². The van der Waals surface area contributed by atoms with Crippen LogP contribution in [0.4, 0.5) is 4.39 Å². The molecule has 2 nitrogen and oxygen atoms in total. The molecule has 0 amide bonds. The third kappa shape index (κ3) is 4.29. The highest BCUT2D eigenvalue weighted by Crippen LogP contribution is 2.34. The highest BCUT2D eigenvalue weighted by molar-refractivity contribution is 5.18. The van der Waals surface area contributed by atoms with Crippen LogP contribution in [-0.2, 0) is 0 Å². The minimum Gasteiger partial charge on any atom is -0.388 e.